The zero-order chi connectivity index (χ0) is 17.5. The van der Waals surface area contributed by atoms with Crippen molar-refractivity contribution in [3.8, 4) is 0 Å². The van der Waals surface area contributed by atoms with E-state index in [4.69, 9.17) is 0 Å². The molecule has 1 aromatic rings. The minimum atomic E-state index is -0.814. The van der Waals surface area contributed by atoms with E-state index < -0.39 is 11.6 Å². The van der Waals surface area contributed by atoms with Crippen LogP contribution in [0.2, 0.25) is 0 Å². The van der Waals surface area contributed by atoms with E-state index in [-0.39, 0.29) is 5.92 Å². The predicted molar refractivity (Wildman–Crippen MR) is 94.4 cm³/mol. The molecule has 1 aromatic carbocycles. The Morgan fingerprint density at radius 1 is 1.33 bits per heavy atom. The van der Waals surface area contributed by atoms with Crippen LogP contribution in [0.3, 0.4) is 0 Å². The number of hydrogen-bond acceptors (Lipinski definition) is 2. The van der Waals surface area contributed by atoms with Crippen molar-refractivity contribution in [3.05, 3.63) is 35.4 Å². The molecule has 0 aromatic heterocycles. The average Bonchev–Trinajstić information content (AvgIpc) is 2.98. The first-order chi connectivity index (χ1) is 11.5. The number of hydrogen-bond donors (Lipinski definition) is 2. The standard InChI is InChI=1S/C18H28F2N4/c1-4-21-18(23-11-14-7-8-24(3)12-14)22-10-13(2)15-5-6-16(19)17(20)9-15/h5-6,9,13-14H,4,7-8,10-12H2,1-3H3,(H2,21,22,23). The van der Waals surface area contributed by atoms with E-state index >= 15 is 0 Å². The first-order valence-electron chi connectivity index (χ1n) is 8.65. The van der Waals surface area contributed by atoms with Crippen LogP contribution in [-0.2, 0) is 0 Å². The van der Waals surface area contributed by atoms with Crippen molar-refractivity contribution in [1.29, 1.82) is 0 Å². The highest BCUT2D eigenvalue weighted by Gasteiger charge is 2.19. The van der Waals surface area contributed by atoms with Crippen molar-refractivity contribution < 1.29 is 8.78 Å². The lowest BCUT2D eigenvalue weighted by Crippen LogP contribution is -2.40. The number of nitrogens with zero attached hydrogens (tertiary/aromatic N) is 2. The largest absolute Gasteiger partial charge is 0.357 e. The van der Waals surface area contributed by atoms with Gasteiger partial charge in [0.05, 0.1) is 0 Å². The summed E-state index contributed by atoms with van der Waals surface area (Å²) >= 11 is 0. The summed E-state index contributed by atoms with van der Waals surface area (Å²) in [4.78, 5) is 6.92. The first-order valence-corrected chi connectivity index (χ1v) is 8.65. The summed E-state index contributed by atoms with van der Waals surface area (Å²) in [6, 6.07) is 4.04. The van der Waals surface area contributed by atoms with E-state index in [0.717, 1.165) is 37.7 Å². The third kappa shape index (κ3) is 5.44. The number of aliphatic imine (C=N–C) groups is 1. The molecule has 134 valence electrons. The Kier molecular flexibility index (Phi) is 6.97. The second-order valence-electron chi connectivity index (χ2n) is 6.59. The predicted octanol–water partition coefficient (Wildman–Crippen LogP) is 2.58. The lowest BCUT2D eigenvalue weighted by molar-refractivity contribution is 0.394. The molecule has 2 N–H and O–H groups in total. The van der Waals surface area contributed by atoms with Gasteiger partial charge in [0.2, 0.25) is 0 Å². The number of likely N-dealkylation sites (tertiary alicyclic amines) is 1. The molecule has 1 aliphatic rings. The van der Waals surface area contributed by atoms with Gasteiger partial charge in [-0.1, -0.05) is 13.0 Å². The van der Waals surface area contributed by atoms with Crippen LogP contribution in [0.1, 0.15) is 31.7 Å². The number of guanidine groups is 1. The highest BCUT2D eigenvalue weighted by molar-refractivity contribution is 5.79. The number of nitrogens with one attached hydrogen (secondary N) is 2. The number of benzene rings is 1. The molecule has 1 fully saturated rings. The second kappa shape index (κ2) is 8.97. The molecule has 0 radical (unpaired) electrons. The van der Waals surface area contributed by atoms with Gasteiger partial charge in [-0.2, -0.15) is 0 Å². The van der Waals surface area contributed by atoms with E-state index in [1.54, 1.807) is 6.07 Å². The summed E-state index contributed by atoms with van der Waals surface area (Å²) in [6.07, 6.45) is 1.20. The third-order valence-corrected chi connectivity index (χ3v) is 4.43. The van der Waals surface area contributed by atoms with Crippen LogP contribution in [0.25, 0.3) is 0 Å². The monoisotopic (exact) mass is 338 g/mol. The summed E-state index contributed by atoms with van der Waals surface area (Å²) in [6.45, 7) is 8.45. The van der Waals surface area contributed by atoms with E-state index in [1.165, 1.54) is 18.6 Å². The van der Waals surface area contributed by atoms with Gasteiger partial charge < -0.3 is 15.5 Å². The van der Waals surface area contributed by atoms with Crippen molar-refractivity contribution >= 4 is 5.96 Å². The Morgan fingerprint density at radius 2 is 2.12 bits per heavy atom. The molecule has 1 aliphatic heterocycles. The minimum Gasteiger partial charge on any atom is -0.357 e. The maximum atomic E-state index is 13.3. The van der Waals surface area contributed by atoms with Gasteiger partial charge in [0.25, 0.3) is 0 Å². The van der Waals surface area contributed by atoms with Gasteiger partial charge in [-0.25, -0.2) is 8.78 Å². The Labute approximate surface area is 143 Å². The highest BCUT2D eigenvalue weighted by atomic mass is 19.2. The molecule has 0 amide bonds. The summed E-state index contributed by atoms with van der Waals surface area (Å²) in [7, 11) is 2.14. The molecule has 0 saturated carbocycles. The molecular formula is C18H28F2N4. The first kappa shape index (κ1) is 18.6. The molecule has 0 spiro atoms. The molecule has 6 heteroatoms. The Morgan fingerprint density at radius 3 is 2.75 bits per heavy atom. The van der Waals surface area contributed by atoms with Crippen LogP contribution in [0, 0.1) is 17.6 Å². The number of halogens is 2. The minimum absolute atomic E-state index is 0.0215. The zero-order valence-corrected chi connectivity index (χ0v) is 14.8. The molecule has 2 atom stereocenters. The average molecular weight is 338 g/mol. The quantitative estimate of drug-likeness (QED) is 0.619. The molecule has 2 rings (SSSR count). The van der Waals surface area contributed by atoms with Gasteiger partial charge in [0.15, 0.2) is 17.6 Å². The molecule has 1 saturated heterocycles. The van der Waals surface area contributed by atoms with Crippen molar-refractivity contribution in [2.24, 2.45) is 10.9 Å². The van der Waals surface area contributed by atoms with Gasteiger partial charge in [-0.05, 0) is 50.6 Å². The summed E-state index contributed by atoms with van der Waals surface area (Å²) in [5.74, 6) is -0.179. The van der Waals surface area contributed by atoms with Crippen LogP contribution in [0.15, 0.2) is 23.2 Å². The van der Waals surface area contributed by atoms with Crippen molar-refractivity contribution in [2.45, 2.75) is 26.2 Å². The van der Waals surface area contributed by atoms with Crippen molar-refractivity contribution in [1.82, 2.24) is 15.5 Å². The molecule has 1 heterocycles. The van der Waals surface area contributed by atoms with Crippen LogP contribution in [0.4, 0.5) is 8.78 Å². The molecule has 2 unspecified atom stereocenters. The van der Waals surface area contributed by atoms with Crippen molar-refractivity contribution in [2.75, 3.05) is 39.8 Å². The van der Waals surface area contributed by atoms with Gasteiger partial charge in [-0.15, -0.1) is 0 Å². The highest BCUT2D eigenvalue weighted by Crippen LogP contribution is 2.18. The van der Waals surface area contributed by atoms with E-state index in [2.05, 4.69) is 27.6 Å². The van der Waals surface area contributed by atoms with Gasteiger partial charge in [0.1, 0.15) is 0 Å². The van der Waals surface area contributed by atoms with Gasteiger partial charge in [0, 0.05) is 32.1 Å². The van der Waals surface area contributed by atoms with Crippen LogP contribution in [-0.4, -0.2) is 50.6 Å². The maximum Gasteiger partial charge on any atom is 0.191 e. The summed E-state index contributed by atoms with van der Waals surface area (Å²) < 4.78 is 26.4. The van der Waals surface area contributed by atoms with Gasteiger partial charge in [-0.3, -0.25) is 4.99 Å². The van der Waals surface area contributed by atoms with Crippen LogP contribution < -0.4 is 10.6 Å². The molecular weight excluding hydrogens is 310 g/mol. The fourth-order valence-electron chi connectivity index (χ4n) is 2.93. The van der Waals surface area contributed by atoms with Crippen LogP contribution >= 0.6 is 0 Å². The van der Waals surface area contributed by atoms with Crippen LogP contribution in [0.5, 0.6) is 0 Å². The maximum absolute atomic E-state index is 13.3. The van der Waals surface area contributed by atoms with Gasteiger partial charge >= 0.3 is 0 Å². The number of rotatable bonds is 6. The normalized spacial score (nSPS) is 20.2. The van der Waals surface area contributed by atoms with E-state index in [9.17, 15) is 8.78 Å². The summed E-state index contributed by atoms with van der Waals surface area (Å²) in [5.41, 5.74) is 0.755. The molecule has 4 nitrogen and oxygen atoms in total. The Hall–Kier alpha value is -1.69. The zero-order valence-electron chi connectivity index (χ0n) is 14.8. The lowest BCUT2D eigenvalue weighted by atomic mass is 10.0. The second-order valence-corrected chi connectivity index (χ2v) is 6.59. The summed E-state index contributed by atoms with van der Waals surface area (Å²) in [5, 5.41) is 6.62. The Balaban J connectivity index is 1.90. The topological polar surface area (TPSA) is 39.7 Å². The fourth-order valence-corrected chi connectivity index (χ4v) is 2.93. The van der Waals surface area contributed by atoms with Crippen molar-refractivity contribution in [3.63, 3.8) is 0 Å². The fraction of sp³-hybridized carbons (Fsp3) is 0.611. The Bertz CT molecular complexity index is 562. The SMILES string of the molecule is CCNC(=NCC(C)c1ccc(F)c(F)c1)NCC1CCN(C)C1. The molecule has 0 bridgehead atoms. The molecule has 24 heavy (non-hydrogen) atoms. The third-order valence-electron chi connectivity index (χ3n) is 4.43. The smallest absolute Gasteiger partial charge is 0.191 e. The molecule has 0 aliphatic carbocycles. The van der Waals surface area contributed by atoms with E-state index in [0.29, 0.717) is 12.5 Å². The lowest BCUT2D eigenvalue weighted by Gasteiger charge is -2.16. The van der Waals surface area contributed by atoms with E-state index in [1.807, 2.05) is 13.8 Å².